The number of carbonyl (C=O) groups excluding carboxylic acids is 1. The van der Waals surface area contributed by atoms with E-state index < -0.39 is 0 Å². The Morgan fingerprint density at radius 1 is 0.658 bits per heavy atom. The molecule has 0 unspecified atom stereocenters. The molecule has 5 rings (SSSR count). The Balaban J connectivity index is 0.000000181. The lowest BCUT2D eigenvalue weighted by atomic mass is 10.1. The first-order valence-corrected chi connectivity index (χ1v) is 12.5. The van der Waals surface area contributed by atoms with Crippen LogP contribution in [0.4, 0.5) is 0 Å². The summed E-state index contributed by atoms with van der Waals surface area (Å²) in [5.74, 6) is 1.92. The van der Waals surface area contributed by atoms with Gasteiger partial charge < -0.3 is 29.7 Å². The summed E-state index contributed by atoms with van der Waals surface area (Å²) in [6.45, 7) is 2.05. The Morgan fingerprint density at radius 2 is 1.32 bits per heavy atom. The Hall–Kier alpha value is -4.65. The average molecular weight is 514 g/mol. The van der Waals surface area contributed by atoms with Crippen molar-refractivity contribution in [3.8, 4) is 28.7 Å². The maximum atomic E-state index is 11.9. The van der Waals surface area contributed by atoms with E-state index in [2.05, 4.69) is 0 Å². The third-order valence-electron chi connectivity index (χ3n) is 5.99. The van der Waals surface area contributed by atoms with Gasteiger partial charge >= 0.3 is 0 Å². The van der Waals surface area contributed by atoms with Gasteiger partial charge in [-0.2, -0.15) is 0 Å². The first kappa shape index (κ1) is 26.4. The molecule has 1 saturated heterocycles. The molecule has 1 amide bonds. The van der Waals surface area contributed by atoms with E-state index in [-0.39, 0.29) is 29.9 Å². The van der Waals surface area contributed by atoms with Gasteiger partial charge in [0.15, 0.2) is 11.5 Å². The van der Waals surface area contributed by atoms with E-state index in [9.17, 15) is 15.0 Å². The molecular formula is C31H31NO6. The number of rotatable bonds is 5. The topological polar surface area (TPSA) is 99.5 Å². The molecule has 0 atom stereocenters. The van der Waals surface area contributed by atoms with Crippen LogP contribution in [0.1, 0.15) is 36.0 Å². The minimum Gasteiger partial charge on any atom is -0.508 e. The number of ether oxygens (including phenoxy) is 2. The van der Waals surface area contributed by atoms with Gasteiger partial charge in [-0.25, -0.2) is 0 Å². The zero-order valence-electron chi connectivity index (χ0n) is 21.0. The third-order valence-corrected chi connectivity index (χ3v) is 5.99. The summed E-state index contributed by atoms with van der Waals surface area (Å²) >= 11 is 0. The first-order chi connectivity index (χ1) is 18.5. The second-order valence-electron chi connectivity index (χ2n) is 8.92. The lowest BCUT2D eigenvalue weighted by Crippen LogP contribution is -2.34. The summed E-state index contributed by atoms with van der Waals surface area (Å²) in [6, 6.07) is 16.9. The van der Waals surface area contributed by atoms with Crippen LogP contribution in [0.3, 0.4) is 0 Å². The van der Waals surface area contributed by atoms with Crippen molar-refractivity contribution in [3.63, 3.8) is 0 Å². The second-order valence-corrected chi connectivity index (χ2v) is 8.92. The van der Waals surface area contributed by atoms with Crippen molar-refractivity contribution >= 4 is 24.1 Å². The average Bonchev–Trinajstić information content (AvgIpc) is 3.39. The number of nitrogens with zero attached hydrogens (tertiary/aromatic N) is 1. The minimum atomic E-state index is 0.0235. The van der Waals surface area contributed by atoms with Crippen LogP contribution >= 0.6 is 0 Å². The summed E-state index contributed by atoms with van der Waals surface area (Å²) in [4.78, 5) is 13.8. The predicted octanol–water partition coefficient (Wildman–Crippen LogP) is 5.97. The van der Waals surface area contributed by atoms with Crippen LogP contribution in [-0.4, -0.2) is 46.0 Å². The molecule has 7 nitrogen and oxygen atoms in total. The Labute approximate surface area is 222 Å². The molecule has 0 saturated carbocycles. The van der Waals surface area contributed by atoms with Crippen molar-refractivity contribution in [2.75, 3.05) is 19.9 Å². The van der Waals surface area contributed by atoms with Crippen LogP contribution in [0.15, 0.2) is 78.9 Å². The molecule has 0 aromatic heterocycles. The van der Waals surface area contributed by atoms with Gasteiger partial charge in [-0.05, 0) is 72.4 Å². The fourth-order valence-electron chi connectivity index (χ4n) is 4.03. The van der Waals surface area contributed by atoms with Crippen LogP contribution in [0.5, 0.6) is 28.7 Å². The fraction of sp³-hybridized carbons (Fsp3) is 0.194. The quantitative estimate of drug-likeness (QED) is 0.221. The minimum absolute atomic E-state index is 0.0235. The zero-order chi connectivity index (χ0) is 26.7. The molecule has 0 radical (unpaired) electrons. The number of phenols is 3. The number of piperidine rings is 1. The van der Waals surface area contributed by atoms with Crippen LogP contribution in [0.25, 0.3) is 18.2 Å². The number of hydrogen-bond acceptors (Lipinski definition) is 6. The maximum absolute atomic E-state index is 11.9. The summed E-state index contributed by atoms with van der Waals surface area (Å²) in [5, 5.41) is 27.7. The number of fused-ring (bicyclic) bond motifs is 1. The first-order valence-electron chi connectivity index (χ1n) is 12.5. The van der Waals surface area contributed by atoms with Gasteiger partial charge in [-0.15, -0.1) is 0 Å². The van der Waals surface area contributed by atoms with Gasteiger partial charge in [0, 0.05) is 25.2 Å². The van der Waals surface area contributed by atoms with Crippen LogP contribution < -0.4 is 9.47 Å². The Kier molecular flexibility index (Phi) is 9.07. The zero-order valence-corrected chi connectivity index (χ0v) is 21.0. The lowest BCUT2D eigenvalue weighted by molar-refractivity contribution is -0.126. The van der Waals surface area contributed by atoms with Crippen molar-refractivity contribution in [1.29, 1.82) is 0 Å². The normalized spacial score (nSPS) is 14.7. The number of amides is 1. The molecule has 2 heterocycles. The van der Waals surface area contributed by atoms with E-state index in [1.807, 2.05) is 41.3 Å². The fourth-order valence-corrected chi connectivity index (χ4v) is 4.03. The highest BCUT2D eigenvalue weighted by atomic mass is 16.7. The molecule has 38 heavy (non-hydrogen) atoms. The highest BCUT2D eigenvalue weighted by Gasteiger charge is 2.13. The highest BCUT2D eigenvalue weighted by Crippen LogP contribution is 2.32. The van der Waals surface area contributed by atoms with Crippen LogP contribution in [0.2, 0.25) is 0 Å². The molecule has 0 aliphatic carbocycles. The summed E-state index contributed by atoms with van der Waals surface area (Å²) in [7, 11) is 0. The van der Waals surface area contributed by atoms with E-state index in [1.54, 1.807) is 54.6 Å². The predicted molar refractivity (Wildman–Crippen MR) is 148 cm³/mol. The van der Waals surface area contributed by atoms with E-state index in [0.717, 1.165) is 48.6 Å². The van der Waals surface area contributed by atoms with Crippen molar-refractivity contribution < 1.29 is 29.6 Å². The van der Waals surface area contributed by atoms with Crippen LogP contribution in [0, 0.1) is 0 Å². The molecule has 3 aromatic rings. The van der Waals surface area contributed by atoms with E-state index in [0.29, 0.717) is 5.56 Å². The van der Waals surface area contributed by atoms with Crippen molar-refractivity contribution in [2.24, 2.45) is 0 Å². The third kappa shape index (κ3) is 7.93. The van der Waals surface area contributed by atoms with Gasteiger partial charge in [0.25, 0.3) is 0 Å². The number of benzene rings is 3. The van der Waals surface area contributed by atoms with Gasteiger partial charge in [-0.1, -0.05) is 48.6 Å². The molecular weight excluding hydrogens is 482 g/mol. The number of likely N-dealkylation sites (tertiary alicyclic amines) is 1. The molecule has 0 spiro atoms. The van der Waals surface area contributed by atoms with Crippen molar-refractivity contribution in [2.45, 2.75) is 19.3 Å². The molecule has 196 valence electrons. The number of phenolic OH excluding ortho intramolecular Hbond substituents is 3. The van der Waals surface area contributed by atoms with Gasteiger partial charge in [0.05, 0.1) is 0 Å². The summed E-state index contributed by atoms with van der Waals surface area (Å²) in [5.41, 5.74) is 2.65. The molecule has 2 aliphatic heterocycles. The van der Waals surface area contributed by atoms with E-state index in [4.69, 9.17) is 14.6 Å². The number of carbonyl (C=O) groups is 1. The summed E-state index contributed by atoms with van der Waals surface area (Å²) in [6.07, 6.45) is 14.3. The largest absolute Gasteiger partial charge is 0.508 e. The molecule has 1 fully saturated rings. The molecule has 7 heteroatoms. The number of aromatic hydroxyl groups is 3. The van der Waals surface area contributed by atoms with E-state index in [1.165, 1.54) is 12.5 Å². The molecule has 3 N–H and O–H groups in total. The summed E-state index contributed by atoms with van der Waals surface area (Å²) < 4.78 is 10.6. The van der Waals surface area contributed by atoms with Crippen LogP contribution in [-0.2, 0) is 4.79 Å². The molecule has 2 aliphatic rings. The SMILES string of the molecule is O=C(C=CC=Cc1ccc2c(c1)OCO2)N1CCCCC1.Oc1ccc(C=Cc2cc(O)cc(O)c2)cc1. The lowest BCUT2D eigenvalue weighted by Gasteiger charge is -2.25. The smallest absolute Gasteiger partial charge is 0.246 e. The van der Waals surface area contributed by atoms with Crippen molar-refractivity contribution in [1.82, 2.24) is 4.90 Å². The van der Waals surface area contributed by atoms with Gasteiger partial charge in [-0.3, -0.25) is 4.79 Å². The Morgan fingerprint density at radius 3 is 2.05 bits per heavy atom. The monoisotopic (exact) mass is 513 g/mol. The second kappa shape index (κ2) is 13.1. The van der Waals surface area contributed by atoms with Gasteiger partial charge in [0.1, 0.15) is 17.2 Å². The number of allylic oxidation sites excluding steroid dienone is 2. The number of hydrogen-bond donors (Lipinski definition) is 3. The molecule has 3 aromatic carbocycles. The van der Waals surface area contributed by atoms with E-state index >= 15 is 0 Å². The van der Waals surface area contributed by atoms with Crippen molar-refractivity contribution in [3.05, 3.63) is 95.6 Å². The Bertz CT molecular complexity index is 1300. The molecule has 0 bridgehead atoms. The standard InChI is InChI=1S/C17H19NO3.C14H12O3/c19-17(18-10-4-1-5-11-18)7-3-2-6-14-8-9-15-16(12-14)21-13-20-15;15-12-5-3-10(4-6-12)1-2-11-7-13(16)9-14(17)8-11/h2-3,6-9,12H,1,4-5,10-11,13H2;1-9,15-17H. The maximum Gasteiger partial charge on any atom is 0.246 e. The highest BCUT2D eigenvalue weighted by molar-refractivity contribution is 5.88. The van der Waals surface area contributed by atoms with Gasteiger partial charge in [0.2, 0.25) is 12.7 Å².